The molecule has 3 rings (SSSR count). The van der Waals surface area contributed by atoms with Crippen LogP contribution in [0.5, 0.6) is 5.75 Å². The van der Waals surface area contributed by atoms with Crippen molar-refractivity contribution in [2.24, 2.45) is 12.8 Å². The van der Waals surface area contributed by atoms with E-state index in [1.54, 1.807) is 7.11 Å². The first kappa shape index (κ1) is 18.2. The van der Waals surface area contributed by atoms with Crippen LogP contribution in [0, 0.1) is 3.80 Å². The van der Waals surface area contributed by atoms with Crippen molar-refractivity contribution < 1.29 is 24.1 Å². The third-order valence-corrected chi connectivity index (χ3v) is 5.55. The summed E-state index contributed by atoms with van der Waals surface area (Å²) in [6.07, 6.45) is 10.8. The van der Waals surface area contributed by atoms with Crippen molar-refractivity contribution in [2.45, 2.75) is 44.7 Å². The summed E-state index contributed by atoms with van der Waals surface area (Å²) in [5, 5.41) is 0. The summed E-state index contributed by atoms with van der Waals surface area (Å²) >= 11 is 2.32. The van der Waals surface area contributed by atoms with Gasteiger partial charge in [0, 0.05) is 6.04 Å². The number of aryl methyl sites for hydroxylation is 1. The maximum Gasteiger partial charge on any atom is 0.00388 e. The van der Waals surface area contributed by atoms with E-state index in [1.807, 2.05) is 19.2 Å². The van der Waals surface area contributed by atoms with Crippen LogP contribution in [0.3, 0.4) is 0 Å². The predicted molar refractivity (Wildman–Crippen MR) is 89.8 cm³/mol. The summed E-state index contributed by atoms with van der Waals surface area (Å²) in [5.74, 6) is 0.907. The van der Waals surface area contributed by atoms with Crippen molar-refractivity contribution in [1.29, 1.82) is 0 Å². The van der Waals surface area contributed by atoms with Gasteiger partial charge < -0.3 is 5.73 Å². The van der Waals surface area contributed by atoms with Crippen molar-refractivity contribution >= 4 is 0 Å². The molecule has 0 aliphatic heterocycles. The van der Waals surface area contributed by atoms with Crippen molar-refractivity contribution in [2.75, 3.05) is 7.11 Å². The largest absolute Gasteiger partial charge is 0.328 e. The Labute approximate surface area is 149 Å². The maximum absolute atomic E-state index is 5.63. The van der Waals surface area contributed by atoms with Gasteiger partial charge in [0.25, 0.3) is 0 Å². The number of imidazole rings is 1. The molecule has 0 atom stereocenters. The predicted octanol–water partition coefficient (Wildman–Crippen LogP) is 3.24. The molecule has 130 valence electrons. The molecule has 1 fully saturated rings. The van der Waals surface area contributed by atoms with Gasteiger partial charge >= 0.3 is 106 Å². The van der Waals surface area contributed by atoms with Crippen LogP contribution in [-0.4, -0.2) is 22.3 Å². The molecule has 5 heteroatoms. The molecule has 1 saturated carbocycles. The fourth-order valence-corrected chi connectivity index (χ4v) is 3.23. The second-order valence-electron chi connectivity index (χ2n) is 6.03. The molecule has 0 unspecified atom stereocenters. The topological polar surface area (TPSA) is 45.1 Å². The van der Waals surface area contributed by atoms with Gasteiger partial charge in [-0.15, -0.1) is 0 Å². The Kier molecular flexibility index (Phi) is 7.32. The van der Waals surface area contributed by atoms with Crippen LogP contribution in [0.1, 0.15) is 37.7 Å². The van der Waals surface area contributed by atoms with Crippen molar-refractivity contribution in [3.8, 4) is 5.75 Å². The average molecular weight is 497 g/mol. The van der Waals surface area contributed by atoms with E-state index in [0.717, 1.165) is 12.3 Å². The van der Waals surface area contributed by atoms with Gasteiger partial charge in [-0.25, -0.2) is 0 Å². The van der Waals surface area contributed by atoms with Crippen LogP contribution in [0.2, 0.25) is 0 Å². The molecular formula is C18H27N3OPt. The Bertz CT molecular complexity index is 656. The smallest absolute Gasteiger partial charge is 0.00388 e. The first-order valence-electron chi connectivity index (χ1n) is 8.16. The van der Waals surface area contributed by atoms with E-state index in [-0.39, 0.29) is 0 Å². The van der Waals surface area contributed by atoms with E-state index in [1.165, 1.54) is 41.5 Å². The Morgan fingerprint density at radius 3 is 2.48 bits per heavy atom. The number of ether oxygens (including phenoxy) is 1. The van der Waals surface area contributed by atoms with Crippen LogP contribution >= 0.6 is 0 Å². The summed E-state index contributed by atoms with van der Waals surface area (Å²) in [7, 11) is 3.74. The number of methoxy groups -OCH3 is 1. The maximum atomic E-state index is 5.63. The fourth-order valence-electron chi connectivity index (χ4n) is 2.71. The van der Waals surface area contributed by atoms with Gasteiger partial charge in [-0.1, -0.05) is 19.3 Å². The number of benzene rings is 1. The third kappa shape index (κ3) is 5.78. The molecule has 1 aromatic carbocycles. The zero-order valence-electron chi connectivity index (χ0n) is 14.0. The van der Waals surface area contributed by atoms with Crippen LogP contribution in [0.15, 0.2) is 36.7 Å². The summed E-state index contributed by atoms with van der Waals surface area (Å²) in [5.41, 5.74) is 6.88. The first-order chi connectivity index (χ1) is 11.1. The molecule has 1 aliphatic rings. The number of nitrogens with zero attached hydrogens (tertiary/aromatic N) is 2. The Morgan fingerprint density at radius 1 is 1.22 bits per heavy atom. The average Bonchev–Trinajstić information content (AvgIpc) is 2.88. The number of nitrogens with two attached hydrogens (primary N) is 1. The third-order valence-electron chi connectivity index (χ3n) is 4.10. The summed E-state index contributed by atoms with van der Waals surface area (Å²) in [6.45, 7) is 0.872. The number of rotatable bonds is 3. The minimum Gasteiger partial charge on any atom is -0.328 e. The van der Waals surface area contributed by atoms with Crippen LogP contribution in [-0.2, 0) is 32.9 Å². The first-order valence-corrected chi connectivity index (χ1v) is 9.29. The monoisotopic (exact) mass is 496 g/mol. The molecule has 0 radical (unpaired) electrons. The van der Waals surface area contributed by atoms with Crippen LogP contribution in [0.4, 0.5) is 0 Å². The fraction of sp³-hybridized carbons (Fsp3) is 0.500. The Hall–Kier alpha value is -1.12. The summed E-state index contributed by atoms with van der Waals surface area (Å²) in [6, 6.07) is 8.69. The van der Waals surface area contributed by atoms with E-state index in [0.29, 0.717) is 6.04 Å². The molecule has 4 nitrogen and oxygen atoms in total. The second-order valence-corrected chi connectivity index (χ2v) is 7.04. The molecule has 0 bridgehead atoms. The zero-order chi connectivity index (χ0) is 16.7. The normalized spacial score (nSPS) is 15.0. The minimum absolute atomic E-state index is 0.536. The van der Waals surface area contributed by atoms with Gasteiger partial charge in [0.15, 0.2) is 0 Å². The SMILES string of the molecule is COc1cccc(Cn2ccn(C)[c]2=[Pt])c1.NC1CCCCC1. The van der Waals surface area contributed by atoms with Gasteiger partial charge in [-0.05, 0) is 12.8 Å². The van der Waals surface area contributed by atoms with Gasteiger partial charge in [0.2, 0.25) is 0 Å². The van der Waals surface area contributed by atoms with Crippen molar-refractivity contribution in [3.05, 3.63) is 46.0 Å². The minimum atomic E-state index is 0.536. The molecular weight excluding hydrogens is 469 g/mol. The number of hydrogen-bond donors (Lipinski definition) is 1. The number of aromatic nitrogens is 2. The molecule has 23 heavy (non-hydrogen) atoms. The molecule has 1 aliphatic carbocycles. The Morgan fingerprint density at radius 2 is 1.96 bits per heavy atom. The van der Waals surface area contributed by atoms with Gasteiger partial charge in [0.05, 0.1) is 0 Å². The van der Waals surface area contributed by atoms with Gasteiger partial charge in [-0.3, -0.25) is 0 Å². The van der Waals surface area contributed by atoms with Crippen molar-refractivity contribution in [1.82, 2.24) is 9.13 Å². The van der Waals surface area contributed by atoms with Gasteiger partial charge in [0.1, 0.15) is 0 Å². The zero-order valence-corrected chi connectivity index (χ0v) is 16.3. The van der Waals surface area contributed by atoms with Crippen LogP contribution < -0.4 is 10.5 Å². The molecule has 2 aromatic rings. The second kappa shape index (κ2) is 9.24. The van der Waals surface area contributed by atoms with E-state index < -0.39 is 0 Å². The molecule has 0 spiro atoms. The van der Waals surface area contributed by atoms with Crippen LogP contribution in [0.25, 0.3) is 0 Å². The molecule has 1 heterocycles. The van der Waals surface area contributed by atoms with E-state index in [2.05, 4.69) is 53.0 Å². The molecule has 0 saturated heterocycles. The molecule has 2 N–H and O–H groups in total. The number of hydrogen-bond acceptors (Lipinski definition) is 2. The van der Waals surface area contributed by atoms with E-state index in [9.17, 15) is 0 Å². The summed E-state index contributed by atoms with van der Waals surface area (Å²) < 4.78 is 10.7. The van der Waals surface area contributed by atoms with Crippen molar-refractivity contribution in [3.63, 3.8) is 0 Å². The summed E-state index contributed by atoms with van der Waals surface area (Å²) in [4.78, 5) is 0. The Balaban J connectivity index is 0.000000229. The standard InChI is InChI=1S/C12H14N2O.C6H13N.Pt/c1-13-6-7-14(10-13)9-11-4-3-5-12(8-11)15-2;7-6-4-2-1-3-5-6;/h3-8H,9H2,1-2H3;6H,1-5,7H2;. The van der Waals surface area contributed by atoms with Gasteiger partial charge in [-0.2, -0.15) is 0 Å². The molecule has 1 aromatic heterocycles. The van der Waals surface area contributed by atoms with E-state index in [4.69, 9.17) is 10.5 Å². The quantitative estimate of drug-likeness (QED) is 0.710. The van der Waals surface area contributed by atoms with E-state index >= 15 is 0 Å². The molecule has 0 amide bonds.